The van der Waals surface area contributed by atoms with Gasteiger partial charge < -0.3 is 10.3 Å². The molecule has 6 heteroatoms. The molecule has 0 amide bonds. The summed E-state index contributed by atoms with van der Waals surface area (Å²) in [5.74, 6) is 0. The second kappa shape index (κ2) is 4.41. The molecular weight excluding hydrogens is 210 g/mol. The van der Waals surface area contributed by atoms with E-state index < -0.39 is 0 Å². The summed E-state index contributed by atoms with van der Waals surface area (Å²) in [7, 11) is 1.90. The van der Waals surface area contributed by atoms with Gasteiger partial charge in [-0.15, -0.1) is 10.2 Å². The van der Waals surface area contributed by atoms with Gasteiger partial charge in [-0.1, -0.05) is 6.07 Å². The van der Waals surface area contributed by atoms with Crippen molar-refractivity contribution in [3.63, 3.8) is 0 Å². The second-order valence-corrected chi connectivity index (χ2v) is 3.95. The number of aryl methyl sites for hydroxylation is 1. The number of hydrogen-bond donors (Lipinski definition) is 1. The zero-order valence-corrected chi connectivity index (χ0v) is 9.11. The summed E-state index contributed by atoms with van der Waals surface area (Å²) >= 11 is 1.47. The summed E-state index contributed by atoms with van der Waals surface area (Å²) in [6.07, 6.45) is 3.41. The molecule has 0 saturated carbocycles. The molecule has 2 rings (SSSR count). The van der Waals surface area contributed by atoms with Crippen molar-refractivity contribution in [3.8, 4) is 0 Å². The first-order valence-corrected chi connectivity index (χ1v) is 5.28. The van der Waals surface area contributed by atoms with Crippen molar-refractivity contribution in [2.24, 2.45) is 12.8 Å². The maximum Gasteiger partial charge on any atom is 0.197 e. The fraction of sp³-hybridized carbons (Fsp3) is 0.222. The number of pyridine rings is 1. The average Bonchev–Trinajstić information content (AvgIpc) is 2.65. The van der Waals surface area contributed by atoms with Gasteiger partial charge in [0.05, 0.1) is 0 Å². The minimum absolute atomic E-state index is 0.480. The van der Waals surface area contributed by atoms with Crippen LogP contribution in [0.25, 0.3) is 0 Å². The Morgan fingerprint density at radius 3 is 3.07 bits per heavy atom. The monoisotopic (exact) mass is 221 g/mol. The second-order valence-electron chi connectivity index (χ2n) is 3.00. The lowest BCUT2D eigenvalue weighted by molar-refractivity contribution is 0.785. The van der Waals surface area contributed by atoms with Crippen LogP contribution in [0.5, 0.6) is 0 Å². The van der Waals surface area contributed by atoms with E-state index >= 15 is 0 Å². The van der Waals surface area contributed by atoms with E-state index in [2.05, 4.69) is 15.2 Å². The maximum absolute atomic E-state index is 5.62. The smallest absolute Gasteiger partial charge is 0.197 e. The van der Waals surface area contributed by atoms with Gasteiger partial charge in [-0.05, 0) is 23.4 Å². The molecule has 2 heterocycles. The van der Waals surface area contributed by atoms with Crippen LogP contribution in [0.3, 0.4) is 0 Å². The van der Waals surface area contributed by atoms with Crippen LogP contribution in [-0.4, -0.2) is 19.7 Å². The van der Waals surface area contributed by atoms with Crippen molar-refractivity contribution in [2.75, 3.05) is 0 Å². The van der Waals surface area contributed by atoms with E-state index in [0.29, 0.717) is 6.54 Å². The molecule has 15 heavy (non-hydrogen) atoms. The van der Waals surface area contributed by atoms with Crippen LogP contribution in [0.1, 0.15) is 5.56 Å². The van der Waals surface area contributed by atoms with E-state index in [-0.39, 0.29) is 0 Å². The van der Waals surface area contributed by atoms with Gasteiger partial charge >= 0.3 is 0 Å². The Labute approximate surface area is 91.7 Å². The van der Waals surface area contributed by atoms with Gasteiger partial charge in [-0.3, -0.25) is 0 Å². The Morgan fingerprint density at radius 1 is 1.53 bits per heavy atom. The topological polar surface area (TPSA) is 69.6 Å². The van der Waals surface area contributed by atoms with E-state index in [4.69, 9.17) is 5.73 Å². The third kappa shape index (κ3) is 2.16. The fourth-order valence-corrected chi connectivity index (χ4v) is 1.97. The molecule has 0 saturated heterocycles. The number of aromatic nitrogens is 4. The SMILES string of the molecule is Cn1cnnc1Sc1ncccc1CN. The van der Waals surface area contributed by atoms with Crippen LogP contribution < -0.4 is 5.73 Å². The average molecular weight is 221 g/mol. The number of rotatable bonds is 3. The molecule has 0 aliphatic heterocycles. The molecule has 0 atom stereocenters. The summed E-state index contributed by atoms with van der Waals surface area (Å²) in [4.78, 5) is 4.27. The zero-order valence-electron chi connectivity index (χ0n) is 8.29. The van der Waals surface area contributed by atoms with Crippen LogP contribution in [0.4, 0.5) is 0 Å². The lowest BCUT2D eigenvalue weighted by Crippen LogP contribution is -2.00. The summed E-state index contributed by atoms with van der Waals surface area (Å²) in [6.45, 7) is 0.480. The third-order valence-electron chi connectivity index (χ3n) is 1.93. The lowest BCUT2D eigenvalue weighted by Gasteiger charge is -2.04. The molecule has 2 aromatic heterocycles. The van der Waals surface area contributed by atoms with Crippen molar-refractivity contribution in [1.29, 1.82) is 0 Å². The van der Waals surface area contributed by atoms with Gasteiger partial charge in [0, 0.05) is 19.8 Å². The number of nitrogens with two attached hydrogens (primary N) is 1. The molecule has 0 bridgehead atoms. The summed E-state index contributed by atoms with van der Waals surface area (Å²) < 4.78 is 1.85. The molecule has 2 aromatic rings. The number of hydrogen-bond acceptors (Lipinski definition) is 5. The van der Waals surface area contributed by atoms with Gasteiger partial charge in [-0.25, -0.2) is 4.98 Å². The first-order chi connectivity index (χ1) is 7.31. The molecule has 5 nitrogen and oxygen atoms in total. The quantitative estimate of drug-likeness (QED) is 0.831. The Bertz CT molecular complexity index is 453. The first kappa shape index (κ1) is 10.1. The zero-order chi connectivity index (χ0) is 10.7. The fourth-order valence-electron chi connectivity index (χ4n) is 1.12. The van der Waals surface area contributed by atoms with Crippen LogP contribution in [0.2, 0.25) is 0 Å². The van der Waals surface area contributed by atoms with E-state index in [1.807, 2.05) is 23.7 Å². The highest BCUT2D eigenvalue weighted by atomic mass is 32.2. The van der Waals surface area contributed by atoms with Crippen molar-refractivity contribution in [3.05, 3.63) is 30.2 Å². The molecule has 0 unspecified atom stereocenters. The molecule has 2 N–H and O–H groups in total. The van der Waals surface area contributed by atoms with Gasteiger partial charge in [0.2, 0.25) is 0 Å². The highest BCUT2D eigenvalue weighted by Gasteiger charge is 2.07. The Morgan fingerprint density at radius 2 is 2.40 bits per heavy atom. The molecular formula is C9H11N5S. The molecule has 0 aromatic carbocycles. The predicted molar refractivity (Wildman–Crippen MR) is 57.3 cm³/mol. The molecule has 0 spiro atoms. The third-order valence-corrected chi connectivity index (χ3v) is 3.04. The maximum atomic E-state index is 5.62. The largest absolute Gasteiger partial charge is 0.326 e. The Kier molecular flexibility index (Phi) is 2.98. The van der Waals surface area contributed by atoms with Gasteiger partial charge in [0.15, 0.2) is 5.16 Å². The van der Waals surface area contributed by atoms with Crippen molar-refractivity contribution in [2.45, 2.75) is 16.7 Å². The van der Waals surface area contributed by atoms with E-state index in [9.17, 15) is 0 Å². The van der Waals surface area contributed by atoms with Crippen molar-refractivity contribution >= 4 is 11.8 Å². The van der Waals surface area contributed by atoms with Crippen LogP contribution in [0.15, 0.2) is 34.8 Å². The van der Waals surface area contributed by atoms with E-state index in [1.165, 1.54) is 11.8 Å². The minimum atomic E-state index is 0.480. The standard InChI is InChI=1S/C9H11N5S/c1-14-6-12-13-9(14)15-8-7(5-10)3-2-4-11-8/h2-4,6H,5,10H2,1H3. The first-order valence-electron chi connectivity index (χ1n) is 4.47. The summed E-state index contributed by atoms with van der Waals surface area (Å²) in [5.41, 5.74) is 6.64. The molecule has 0 radical (unpaired) electrons. The lowest BCUT2D eigenvalue weighted by atomic mass is 10.3. The molecule has 0 aliphatic rings. The number of nitrogens with zero attached hydrogens (tertiary/aromatic N) is 4. The van der Waals surface area contributed by atoms with Crippen LogP contribution >= 0.6 is 11.8 Å². The minimum Gasteiger partial charge on any atom is -0.326 e. The van der Waals surface area contributed by atoms with Crippen molar-refractivity contribution < 1.29 is 0 Å². The van der Waals surface area contributed by atoms with Crippen molar-refractivity contribution in [1.82, 2.24) is 19.7 Å². The highest BCUT2D eigenvalue weighted by molar-refractivity contribution is 7.99. The summed E-state index contributed by atoms with van der Waals surface area (Å²) in [6, 6.07) is 3.84. The molecule has 0 aliphatic carbocycles. The van der Waals surface area contributed by atoms with Crippen LogP contribution in [0, 0.1) is 0 Å². The van der Waals surface area contributed by atoms with Gasteiger partial charge in [0.25, 0.3) is 0 Å². The molecule has 78 valence electrons. The Hall–Kier alpha value is -1.40. The highest BCUT2D eigenvalue weighted by Crippen LogP contribution is 2.25. The van der Waals surface area contributed by atoms with E-state index in [0.717, 1.165) is 15.7 Å². The van der Waals surface area contributed by atoms with E-state index in [1.54, 1.807) is 12.5 Å². The molecule has 0 fully saturated rings. The summed E-state index contributed by atoms with van der Waals surface area (Å²) in [5, 5.41) is 9.48. The Balaban J connectivity index is 2.28. The van der Waals surface area contributed by atoms with Crippen LogP contribution in [-0.2, 0) is 13.6 Å². The van der Waals surface area contributed by atoms with Gasteiger partial charge in [-0.2, -0.15) is 0 Å². The predicted octanol–water partition coefficient (Wildman–Crippen LogP) is 0.820. The van der Waals surface area contributed by atoms with Gasteiger partial charge in [0.1, 0.15) is 11.4 Å². The normalized spacial score (nSPS) is 10.5.